The third-order valence-corrected chi connectivity index (χ3v) is 2.88. The Morgan fingerprint density at radius 1 is 1.67 bits per heavy atom. The Kier molecular flexibility index (Phi) is 2.80. The quantitative estimate of drug-likeness (QED) is 0.756. The number of nitrogens with zero attached hydrogens (tertiary/aromatic N) is 2. The van der Waals surface area contributed by atoms with Gasteiger partial charge in [0.05, 0.1) is 5.69 Å². The van der Waals surface area contributed by atoms with Crippen LogP contribution in [0.4, 0.5) is 0 Å². The van der Waals surface area contributed by atoms with Crippen molar-refractivity contribution in [2.24, 2.45) is 0 Å². The van der Waals surface area contributed by atoms with Crippen LogP contribution in [0.25, 0.3) is 0 Å². The minimum Gasteiger partial charge on any atom is -0.383 e. The second kappa shape index (κ2) is 3.94. The second-order valence-electron chi connectivity index (χ2n) is 4.46. The fraction of sp³-hybridized carbons (Fsp3) is 0.727. The van der Waals surface area contributed by atoms with Gasteiger partial charge in [0.15, 0.2) is 0 Å². The number of aryl methyl sites for hydroxylation is 1. The minimum absolute atomic E-state index is 0.601. The van der Waals surface area contributed by atoms with Crippen molar-refractivity contribution in [2.45, 2.75) is 44.9 Å². The number of aromatic nitrogens is 2. The van der Waals surface area contributed by atoms with Crippen LogP contribution in [0.15, 0.2) is 12.3 Å². The second-order valence-corrected chi connectivity index (χ2v) is 4.46. The first-order chi connectivity index (χ1) is 7.13. The van der Waals surface area contributed by atoms with Gasteiger partial charge in [0.2, 0.25) is 0 Å². The van der Waals surface area contributed by atoms with Crippen LogP contribution in [0.3, 0.4) is 0 Å². The summed E-state index contributed by atoms with van der Waals surface area (Å²) in [5, 5.41) is 17.9. The average Bonchev–Trinajstić information content (AvgIpc) is 2.90. The number of aliphatic hydroxyl groups is 1. The summed E-state index contributed by atoms with van der Waals surface area (Å²) in [5.74, 6) is 0. The van der Waals surface area contributed by atoms with Crippen molar-refractivity contribution >= 4 is 0 Å². The molecule has 1 heterocycles. The molecule has 1 aliphatic rings. The Morgan fingerprint density at radius 3 is 3.00 bits per heavy atom. The van der Waals surface area contributed by atoms with Crippen LogP contribution in [0.1, 0.15) is 32.4 Å². The molecule has 1 saturated carbocycles. The standard InChI is InChI=1S/C11H19N3O/c1-3-14-10(6-7-13-14)11(2,15)8-12-9-4-5-9/h6-7,9,12,15H,3-5,8H2,1-2H3. The van der Waals surface area contributed by atoms with Gasteiger partial charge in [-0.1, -0.05) is 0 Å². The molecule has 1 fully saturated rings. The molecule has 0 radical (unpaired) electrons. The highest BCUT2D eigenvalue weighted by molar-refractivity contribution is 5.11. The van der Waals surface area contributed by atoms with E-state index in [0.717, 1.165) is 12.2 Å². The van der Waals surface area contributed by atoms with Gasteiger partial charge in [0.25, 0.3) is 0 Å². The molecular formula is C11H19N3O. The van der Waals surface area contributed by atoms with Crippen molar-refractivity contribution in [3.05, 3.63) is 18.0 Å². The van der Waals surface area contributed by atoms with E-state index in [1.165, 1.54) is 12.8 Å². The molecule has 1 aromatic heterocycles. The number of nitrogens with one attached hydrogen (secondary N) is 1. The molecule has 0 amide bonds. The maximum Gasteiger partial charge on any atom is 0.116 e. The topological polar surface area (TPSA) is 50.1 Å². The van der Waals surface area contributed by atoms with Crippen molar-refractivity contribution in [2.75, 3.05) is 6.54 Å². The van der Waals surface area contributed by atoms with Crippen molar-refractivity contribution in [3.63, 3.8) is 0 Å². The Hall–Kier alpha value is -0.870. The third kappa shape index (κ3) is 2.38. The average molecular weight is 209 g/mol. The van der Waals surface area contributed by atoms with Crippen LogP contribution in [0.2, 0.25) is 0 Å². The molecular weight excluding hydrogens is 190 g/mol. The van der Waals surface area contributed by atoms with Gasteiger partial charge in [-0.25, -0.2) is 0 Å². The van der Waals surface area contributed by atoms with E-state index in [1.807, 2.05) is 24.6 Å². The van der Waals surface area contributed by atoms with Gasteiger partial charge in [-0.05, 0) is 32.8 Å². The molecule has 1 aliphatic carbocycles. The van der Waals surface area contributed by atoms with E-state index in [2.05, 4.69) is 10.4 Å². The molecule has 1 aromatic rings. The Labute approximate surface area is 90.3 Å². The van der Waals surface area contributed by atoms with Crippen LogP contribution in [-0.2, 0) is 12.1 Å². The molecule has 1 unspecified atom stereocenters. The van der Waals surface area contributed by atoms with E-state index in [0.29, 0.717) is 12.6 Å². The number of rotatable bonds is 5. The summed E-state index contributed by atoms with van der Waals surface area (Å²) < 4.78 is 1.84. The van der Waals surface area contributed by atoms with Gasteiger partial charge in [-0.15, -0.1) is 0 Å². The zero-order chi connectivity index (χ0) is 10.9. The van der Waals surface area contributed by atoms with Crippen molar-refractivity contribution < 1.29 is 5.11 Å². The molecule has 0 saturated heterocycles. The van der Waals surface area contributed by atoms with Gasteiger partial charge >= 0.3 is 0 Å². The summed E-state index contributed by atoms with van der Waals surface area (Å²) >= 11 is 0. The first-order valence-corrected chi connectivity index (χ1v) is 5.61. The van der Waals surface area contributed by atoms with Crippen LogP contribution in [0.5, 0.6) is 0 Å². The molecule has 84 valence electrons. The van der Waals surface area contributed by atoms with Crippen molar-refractivity contribution in [1.82, 2.24) is 15.1 Å². The van der Waals surface area contributed by atoms with Crippen LogP contribution in [-0.4, -0.2) is 27.5 Å². The maximum absolute atomic E-state index is 10.3. The van der Waals surface area contributed by atoms with Gasteiger partial charge in [0, 0.05) is 25.3 Å². The molecule has 1 atom stereocenters. The summed E-state index contributed by atoms with van der Waals surface area (Å²) in [6.45, 7) is 5.26. The summed E-state index contributed by atoms with van der Waals surface area (Å²) in [6, 6.07) is 2.51. The highest BCUT2D eigenvalue weighted by atomic mass is 16.3. The molecule has 2 N–H and O–H groups in total. The highest BCUT2D eigenvalue weighted by Gasteiger charge is 2.30. The van der Waals surface area contributed by atoms with Gasteiger partial charge in [-0.3, -0.25) is 4.68 Å². The fourth-order valence-corrected chi connectivity index (χ4v) is 1.76. The molecule has 0 aliphatic heterocycles. The van der Waals surface area contributed by atoms with Gasteiger partial charge in [0.1, 0.15) is 5.60 Å². The fourth-order valence-electron chi connectivity index (χ4n) is 1.76. The number of hydrogen-bond acceptors (Lipinski definition) is 3. The van der Waals surface area contributed by atoms with Crippen LogP contribution >= 0.6 is 0 Å². The molecule has 2 rings (SSSR count). The monoisotopic (exact) mass is 209 g/mol. The molecule has 4 nitrogen and oxygen atoms in total. The van der Waals surface area contributed by atoms with E-state index in [9.17, 15) is 5.11 Å². The first kappa shape index (κ1) is 10.6. The molecule has 0 bridgehead atoms. The SMILES string of the molecule is CCn1nccc1C(C)(O)CNC1CC1. The summed E-state index contributed by atoms with van der Waals surface area (Å²) in [7, 11) is 0. The minimum atomic E-state index is -0.824. The van der Waals surface area contributed by atoms with E-state index >= 15 is 0 Å². The first-order valence-electron chi connectivity index (χ1n) is 5.61. The Morgan fingerprint density at radius 2 is 2.40 bits per heavy atom. The van der Waals surface area contributed by atoms with Crippen LogP contribution < -0.4 is 5.32 Å². The predicted molar refractivity (Wildman–Crippen MR) is 58.5 cm³/mol. The lowest BCUT2D eigenvalue weighted by Gasteiger charge is -2.24. The predicted octanol–water partition coefficient (Wildman–Crippen LogP) is 0.862. The smallest absolute Gasteiger partial charge is 0.116 e. The van der Waals surface area contributed by atoms with Crippen LogP contribution in [0, 0.1) is 0 Å². The maximum atomic E-state index is 10.3. The lowest BCUT2D eigenvalue weighted by atomic mass is 10.0. The normalized spacial score (nSPS) is 20.2. The lowest BCUT2D eigenvalue weighted by Crippen LogP contribution is -2.38. The number of hydrogen-bond donors (Lipinski definition) is 2. The molecule has 4 heteroatoms. The molecule has 15 heavy (non-hydrogen) atoms. The van der Waals surface area contributed by atoms with E-state index < -0.39 is 5.60 Å². The van der Waals surface area contributed by atoms with E-state index in [-0.39, 0.29) is 0 Å². The Bertz CT molecular complexity index is 328. The van der Waals surface area contributed by atoms with Crippen molar-refractivity contribution in [3.8, 4) is 0 Å². The highest BCUT2D eigenvalue weighted by Crippen LogP contribution is 2.23. The largest absolute Gasteiger partial charge is 0.383 e. The molecule has 0 spiro atoms. The summed E-state index contributed by atoms with van der Waals surface area (Å²) in [6.07, 6.45) is 4.22. The zero-order valence-electron chi connectivity index (χ0n) is 9.40. The summed E-state index contributed by atoms with van der Waals surface area (Å²) in [4.78, 5) is 0. The van der Waals surface area contributed by atoms with Gasteiger partial charge in [-0.2, -0.15) is 5.10 Å². The summed E-state index contributed by atoms with van der Waals surface area (Å²) in [5.41, 5.74) is 0.0629. The van der Waals surface area contributed by atoms with Crippen molar-refractivity contribution in [1.29, 1.82) is 0 Å². The van der Waals surface area contributed by atoms with Gasteiger partial charge < -0.3 is 10.4 Å². The third-order valence-electron chi connectivity index (χ3n) is 2.88. The van der Waals surface area contributed by atoms with E-state index in [1.54, 1.807) is 6.20 Å². The Balaban J connectivity index is 2.04. The lowest BCUT2D eigenvalue weighted by molar-refractivity contribution is 0.0472. The molecule has 0 aromatic carbocycles. The zero-order valence-corrected chi connectivity index (χ0v) is 9.40. The van der Waals surface area contributed by atoms with E-state index in [4.69, 9.17) is 0 Å².